The zero-order valence-corrected chi connectivity index (χ0v) is 14.3. The maximum Gasteiger partial charge on any atom is 0.308 e. The molecule has 0 saturated carbocycles. The van der Waals surface area contributed by atoms with Crippen LogP contribution >= 0.6 is 11.6 Å². The van der Waals surface area contributed by atoms with Crippen LogP contribution in [-0.4, -0.2) is 26.0 Å². The van der Waals surface area contributed by atoms with E-state index < -0.39 is 31.8 Å². The molecule has 0 aliphatic rings. The lowest BCUT2D eigenvalue weighted by molar-refractivity contribution is -0.154. The normalized spacial score (nSPS) is 14.5. The van der Waals surface area contributed by atoms with Crippen molar-refractivity contribution in [2.24, 2.45) is 5.73 Å². The van der Waals surface area contributed by atoms with Crippen LogP contribution in [0.25, 0.3) is 0 Å². The van der Waals surface area contributed by atoms with Gasteiger partial charge in [-0.3, -0.25) is 4.79 Å². The molecule has 2 N–H and O–H groups in total. The molecule has 1 aromatic rings. The van der Waals surface area contributed by atoms with Gasteiger partial charge in [-0.15, -0.1) is 0 Å². The second-order valence-corrected chi connectivity index (χ2v) is 8.29. The number of hydrogen-bond acceptors (Lipinski definition) is 5. The van der Waals surface area contributed by atoms with E-state index in [-0.39, 0.29) is 11.3 Å². The lowest BCUT2D eigenvalue weighted by Gasteiger charge is -2.20. The van der Waals surface area contributed by atoms with Crippen molar-refractivity contribution in [1.29, 1.82) is 0 Å². The Kier molecular flexibility index (Phi) is 6.17. The van der Waals surface area contributed by atoms with Crippen molar-refractivity contribution in [1.82, 2.24) is 0 Å². The summed E-state index contributed by atoms with van der Waals surface area (Å²) in [6.07, 6.45) is 0.992. The lowest BCUT2D eigenvalue weighted by Crippen LogP contribution is -2.29. The van der Waals surface area contributed by atoms with Gasteiger partial charge >= 0.3 is 5.97 Å². The minimum atomic E-state index is -3.81. The molecule has 5 nitrogen and oxygen atoms in total. The molecule has 0 bridgehead atoms. The van der Waals surface area contributed by atoms with Gasteiger partial charge in [-0.2, -0.15) is 0 Å². The average molecular weight is 346 g/mol. The summed E-state index contributed by atoms with van der Waals surface area (Å²) in [6, 6.07) is 6.91. The molecule has 122 valence electrons. The molecule has 0 spiro atoms. The number of ether oxygens (including phenoxy) is 1. The maximum atomic E-state index is 12.2. The monoisotopic (exact) mass is 345 g/mol. The molecule has 0 aromatic heterocycles. The molecule has 0 saturated heterocycles. The van der Waals surface area contributed by atoms with Gasteiger partial charge < -0.3 is 10.5 Å². The number of rotatable bonds is 5. The topological polar surface area (TPSA) is 86.5 Å². The van der Waals surface area contributed by atoms with Crippen LogP contribution in [0.3, 0.4) is 0 Å². The number of hydrogen-bond donors (Lipinski definition) is 1. The Bertz CT molecular complexity index is 648. The van der Waals surface area contributed by atoms with Gasteiger partial charge in [0.05, 0.1) is 11.3 Å². The van der Waals surface area contributed by atoms with Crippen LogP contribution in [0.4, 0.5) is 0 Å². The molecular weight excluding hydrogens is 326 g/mol. The predicted octanol–water partition coefficient (Wildman–Crippen LogP) is 2.60. The third-order valence-corrected chi connectivity index (χ3v) is 4.76. The van der Waals surface area contributed by atoms with Crippen LogP contribution in [0.2, 0.25) is 0 Å². The van der Waals surface area contributed by atoms with Crippen LogP contribution < -0.4 is 5.73 Å². The first-order chi connectivity index (χ1) is 10.0. The minimum absolute atomic E-state index is 0.0701. The smallest absolute Gasteiger partial charge is 0.308 e. The molecule has 0 aliphatic carbocycles. The summed E-state index contributed by atoms with van der Waals surface area (Å²) in [5, 5.41) is 0. The Morgan fingerprint density at radius 3 is 2.36 bits per heavy atom. The van der Waals surface area contributed by atoms with Crippen LogP contribution in [0.15, 0.2) is 45.7 Å². The van der Waals surface area contributed by atoms with Crippen LogP contribution in [-0.2, 0) is 19.4 Å². The predicted molar refractivity (Wildman–Crippen MR) is 86.0 cm³/mol. The number of sulfone groups is 1. The van der Waals surface area contributed by atoms with E-state index in [2.05, 4.69) is 0 Å². The van der Waals surface area contributed by atoms with Gasteiger partial charge in [0, 0.05) is 6.04 Å². The van der Waals surface area contributed by atoms with Crippen LogP contribution in [0.5, 0.6) is 0 Å². The highest BCUT2D eigenvalue weighted by Gasteiger charge is 2.22. The highest BCUT2D eigenvalue weighted by atomic mass is 35.5. The van der Waals surface area contributed by atoms with Crippen molar-refractivity contribution < 1.29 is 17.9 Å². The first-order valence-electron chi connectivity index (χ1n) is 6.67. The molecule has 1 aromatic carbocycles. The fourth-order valence-electron chi connectivity index (χ4n) is 1.60. The van der Waals surface area contributed by atoms with E-state index in [4.69, 9.17) is 22.1 Å². The molecule has 0 heterocycles. The van der Waals surface area contributed by atoms with Crippen LogP contribution in [0.1, 0.15) is 27.2 Å². The molecule has 1 atom stereocenters. The van der Waals surface area contributed by atoms with Gasteiger partial charge in [0.1, 0.15) is 9.97 Å². The summed E-state index contributed by atoms with van der Waals surface area (Å²) in [5.41, 5.74) is 5.12. The number of carbonyl (C=O) groups excluding carboxylic acids is 1. The molecule has 0 radical (unpaired) electrons. The molecule has 0 aliphatic heterocycles. The molecule has 0 unspecified atom stereocenters. The molecule has 22 heavy (non-hydrogen) atoms. The number of nitrogens with two attached hydrogens (primary N) is 1. The van der Waals surface area contributed by atoms with Crippen molar-refractivity contribution in [3.8, 4) is 0 Å². The third-order valence-electron chi connectivity index (χ3n) is 2.48. The van der Waals surface area contributed by atoms with E-state index in [0.29, 0.717) is 0 Å². The summed E-state index contributed by atoms with van der Waals surface area (Å²) in [6.45, 7) is 5.21. The second-order valence-electron chi connectivity index (χ2n) is 5.74. The van der Waals surface area contributed by atoms with E-state index in [0.717, 1.165) is 6.08 Å². The van der Waals surface area contributed by atoms with Gasteiger partial charge in [0.2, 0.25) is 9.84 Å². The van der Waals surface area contributed by atoms with Gasteiger partial charge in [-0.05, 0) is 39.0 Å². The number of esters is 1. The fraction of sp³-hybridized carbons (Fsp3) is 0.400. The van der Waals surface area contributed by atoms with E-state index in [1.807, 2.05) is 0 Å². The first-order valence-corrected chi connectivity index (χ1v) is 8.53. The summed E-state index contributed by atoms with van der Waals surface area (Å²) < 4.78 is 29.1. The van der Waals surface area contributed by atoms with Gasteiger partial charge in [0.25, 0.3) is 0 Å². The van der Waals surface area contributed by atoms with Gasteiger partial charge in [0.15, 0.2) is 0 Å². The summed E-state index contributed by atoms with van der Waals surface area (Å²) in [7, 11) is -3.81. The van der Waals surface area contributed by atoms with Crippen molar-refractivity contribution >= 4 is 27.4 Å². The van der Waals surface area contributed by atoms with Gasteiger partial charge in [-0.1, -0.05) is 29.8 Å². The molecular formula is C15H20ClNO4S. The van der Waals surface area contributed by atoms with E-state index in [1.165, 1.54) is 12.1 Å². The maximum absolute atomic E-state index is 12.2. The number of benzene rings is 1. The molecule has 1 rings (SSSR count). The lowest BCUT2D eigenvalue weighted by atomic mass is 10.2. The fourth-order valence-corrected chi connectivity index (χ4v) is 3.13. The Balaban J connectivity index is 2.82. The summed E-state index contributed by atoms with van der Waals surface area (Å²) >= 11 is 5.86. The van der Waals surface area contributed by atoms with E-state index >= 15 is 0 Å². The summed E-state index contributed by atoms with van der Waals surface area (Å²) in [4.78, 5) is 11.7. The Morgan fingerprint density at radius 1 is 1.32 bits per heavy atom. The minimum Gasteiger partial charge on any atom is -0.460 e. The van der Waals surface area contributed by atoms with Crippen LogP contribution in [0, 0.1) is 0 Å². The largest absolute Gasteiger partial charge is 0.460 e. The number of carbonyl (C=O) groups is 1. The second kappa shape index (κ2) is 7.26. The number of halogens is 1. The van der Waals surface area contributed by atoms with Crippen molar-refractivity contribution in [3.05, 3.63) is 40.8 Å². The standard InChI is InChI=1S/C15H20ClNO4S/c1-15(2,3)21-14(18)10-11(17)9-13(16)22(19,20)12-7-5-4-6-8-12/h4-9,11H,10,17H2,1-3H3/b13-9+/t11-/m1/s1. The third kappa shape index (κ3) is 5.79. The molecule has 0 amide bonds. The Labute approximate surface area is 136 Å². The summed E-state index contributed by atoms with van der Waals surface area (Å²) in [5.74, 6) is -0.516. The molecule has 7 heteroatoms. The zero-order valence-electron chi connectivity index (χ0n) is 12.7. The average Bonchev–Trinajstić information content (AvgIpc) is 2.36. The highest BCUT2D eigenvalue weighted by molar-refractivity contribution is 7.96. The zero-order chi connectivity index (χ0) is 17.0. The van der Waals surface area contributed by atoms with E-state index in [9.17, 15) is 13.2 Å². The quantitative estimate of drug-likeness (QED) is 0.829. The highest BCUT2D eigenvalue weighted by Crippen LogP contribution is 2.22. The Morgan fingerprint density at radius 2 is 1.86 bits per heavy atom. The Hall–Kier alpha value is -1.37. The van der Waals surface area contributed by atoms with Crippen molar-refractivity contribution in [2.75, 3.05) is 0 Å². The SMILES string of the molecule is CC(C)(C)OC(=O)C[C@H](N)/C=C(\Cl)S(=O)(=O)c1ccccc1. The first kappa shape index (κ1) is 18.7. The molecule has 0 fully saturated rings. The van der Waals surface area contributed by atoms with Gasteiger partial charge in [-0.25, -0.2) is 8.42 Å². The van der Waals surface area contributed by atoms with Crippen molar-refractivity contribution in [3.63, 3.8) is 0 Å². The van der Waals surface area contributed by atoms with E-state index in [1.54, 1.807) is 39.0 Å². The van der Waals surface area contributed by atoms with Crippen molar-refractivity contribution in [2.45, 2.75) is 43.7 Å².